The Balaban J connectivity index is 2.31. The number of nitrogens with one attached hydrogen (secondary N) is 1. The summed E-state index contributed by atoms with van der Waals surface area (Å²) in [5.74, 6) is -7.27. The quantitative estimate of drug-likeness (QED) is 0.320. The van der Waals surface area contributed by atoms with Crippen molar-refractivity contribution < 1.29 is 37.4 Å². The molecule has 2 rings (SSSR count). The Kier molecular flexibility index (Phi) is 12.2. The maximum absolute atomic E-state index is 15.7. The number of ether oxygens (including phenoxy) is 3. The molecule has 1 amide bonds. The number of esters is 2. The average Bonchev–Trinajstić information content (AvgIpc) is 3.13. The molecule has 5 atom stereocenters. The van der Waals surface area contributed by atoms with Gasteiger partial charge in [0.05, 0.1) is 5.92 Å². The van der Waals surface area contributed by atoms with Gasteiger partial charge >= 0.3 is 23.6 Å². The highest BCUT2D eigenvalue weighted by atomic mass is 19.3. The van der Waals surface area contributed by atoms with E-state index in [0.29, 0.717) is 17.4 Å². The van der Waals surface area contributed by atoms with E-state index in [9.17, 15) is 19.2 Å². The highest BCUT2D eigenvalue weighted by Crippen LogP contribution is 2.44. The number of unbranched alkanes of at least 4 members (excludes halogenated alkanes) is 1. The Labute approximate surface area is 233 Å². The van der Waals surface area contributed by atoms with Crippen molar-refractivity contribution in [3.63, 3.8) is 0 Å². The standard InChI is InChI=1S/C27H42F2N4O7/c1-7-9-11-17(10-8-2)22(34)31-19-12-13-33(26(37)32-19)25-27(28,29)21(40-24(36)20(30)15(3)4)18(39-25)14-38-23(35)16(5)6/h12-13,15-18,20-21,25H,7-11,14,30H2,1-6H3,(H,31,32,34,37)/t17?,18-,20+,21-,25-/m1/s1. The molecule has 0 bridgehead atoms. The summed E-state index contributed by atoms with van der Waals surface area (Å²) in [6.45, 7) is 9.71. The number of amides is 1. The number of aromatic nitrogens is 2. The number of halogens is 2. The molecule has 1 aliphatic heterocycles. The first-order valence-electron chi connectivity index (χ1n) is 13.8. The summed E-state index contributed by atoms with van der Waals surface area (Å²) in [4.78, 5) is 53.8. The third-order valence-electron chi connectivity index (χ3n) is 6.69. The van der Waals surface area contributed by atoms with Gasteiger partial charge < -0.3 is 25.3 Å². The summed E-state index contributed by atoms with van der Waals surface area (Å²) in [5, 5.41) is 2.59. The van der Waals surface area contributed by atoms with Crippen molar-refractivity contribution in [2.75, 3.05) is 11.9 Å². The molecule has 3 N–H and O–H groups in total. The maximum atomic E-state index is 15.7. The fourth-order valence-electron chi connectivity index (χ4n) is 4.15. The number of hydrogen-bond acceptors (Lipinski definition) is 9. The molecule has 40 heavy (non-hydrogen) atoms. The first-order chi connectivity index (χ1) is 18.7. The monoisotopic (exact) mass is 572 g/mol. The van der Waals surface area contributed by atoms with Crippen LogP contribution in [0.15, 0.2) is 17.1 Å². The average molecular weight is 573 g/mol. The van der Waals surface area contributed by atoms with Crippen molar-refractivity contribution in [1.29, 1.82) is 0 Å². The Morgan fingerprint density at radius 2 is 1.82 bits per heavy atom. The molecule has 1 aromatic heterocycles. The molecule has 1 aromatic rings. The Hall–Kier alpha value is -2.93. The van der Waals surface area contributed by atoms with Crippen LogP contribution in [0.4, 0.5) is 14.6 Å². The van der Waals surface area contributed by atoms with E-state index in [1.54, 1.807) is 27.7 Å². The predicted molar refractivity (Wildman–Crippen MR) is 142 cm³/mol. The van der Waals surface area contributed by atoms with Crippen molar-refractivity contribution in [3.8, 4) is 0 Å². The smallest absolute Gasteiger partial charge is 0.351 e. The second-order valence-corrected chi connectivity index (χ2v) is 10.7. The van der Waals surface area contributed by atoms with E-state index in [1.807, 2.05) is 13.8 Å². The lowest BCUT2D eigenvalue weighted by molar-refractivity contribution is -0.179. The van der Waals surface area contributed by atoms with Crippen LogP contribution < -0.4 is 16.7 Å². The first kappa shape index (κ1) is 33.3. The van der Waals surface area contributed by atoms with E-state index in [-0.39, 0.29) is 17.6 Å². The van der Waals surface area contributed by atoms with Crippen LogP contribution >= 0.6 is 0 Å². The summed E-state index contributed by atoms with van der Waals surface area (Å²) in [5.41, 5.74) is 4.66. The van der Waals surface area contributed by atoms with Gasteiger partial charge in [-0.2, -0.15) is 13.8 Å². The van der Waals surface area contributed by atoms with Crippen LogP contribution in [0.5, 0.6) is 0 Å². The van der Waals surface area contributed by atoms with Gasteiger partial charge in [-0.15, -0.1) is 0 Å². The second-order valence-electron chi connectivity index (χ2n) is 10.7. The molecule has 2 heterocycles. The van der Waals surface area contributed by atoms with Gasteiger partial charge in [-0.05, 0) is 24.8 Å². The molecular formula is C27H42F2N4O7. The lowest BCUT2D eigenvalue weighted by Crippen LogP contribution is -2.48. The molecule has 0 radical (unpaired) electrons. The zero-order valence-electron chi connectivity index (χ0n) is 24.0. The SMILES string of the molecule is CCCCC(CCC)C(=O)Nc1ccn([C@@H]2O[C@H](COC(=O)C(C)C)[C@@H](OC(=O)[C@@H](N)C(C)C)C2(F)F)c(=O)n1. The minimum absolute atomic E-state index is 0.0848. The van der Waals surface area contributed by atoms with E-state index in [2.05, 4.69) is 10.3 Å². The molecule has 11 nitrogen and oxygen atoms in total. The number of anilines is 1. The fraction of sp³-hybridized carbons (Fsp3) is 0.741. The van der Waals surface area contributed by atoms with E-state index < -0.39 is 66.5 Å². The van der Waals surface area contributed by atoms with Gasteiger partial charge in [0, 0.05) is 12.1 Å². The van der Waals surface area contributed by atoms with Crippen LogP contribution in [-0.2, 0) is 28.6 Å². The first-order valence-corrected chi connectivity index (χ1v) is 13.8. The number of hydrogen-bond donors (Lipinski definition) is 2. The minimum atomic E-state index is -3.93. The van der Waals surface area contributed by atoms with Crippen LogP contribution in [0.3, 0.4) is 0 Å². The molecule has 13 heteroatoms. The third-order valence-corrected chi connectivity index (χ3v) is 6.69. The molecule has 226 valence electrons. The van der Waals surface area contributed by atoms with Crippen molar-refractivity contribution in [1.82, 2.24) is 9.55 Å². The number of carbonyl (C=O) groups is 3. The van der Waals surface area contributed by atoms with Crippen molar-refractivity contribution in [3.05, 3.63) is 22.7 Å². The van der Waals surface area contributed by atoms with E-state index in [1.165, 1.54) is 6.07 Å². The van der Waals surface area contributed by atoms with E-state index in [4.69, 9.17) is 19.9 Å². The van der Waals surface area contributed by atoms with Crippen LogP contribution in [0.2, 0.25) is 0 Å². The highest BCUT2D eigenvalue weighted by Gasteiger charge is 2.63. The summed E-state index contributed by atoms with van der Waals surface area (Å²) in [6.07, 6.45) is -1.08. The van der Waals surface area contributed by atoms with Crippen LogP contribution in [0.1, 0.15) is 79.9 Å². The van der Waals surface area contributed by atoms with Crippen molar-refractivity contribution in [2.45, 2.75) is 104 Å². The number of carbonyl (C=O) groups excluding carboxylic acids is 3. The summed E-state index contributed by atoms with van der Waals surface area (Å²) in [7, 11) is 0. The van der Waals surface area contributed by atoms with E-state index in [0.717, 1.165) is 25.5 Å². The summed E-state index contributed by atoms with van der Waals surface area (Å²) < 4.78 is 47.5. The van der Waals surface area contributed by atoms with Crippen LogP contribution in [0.25, 0.3) is 0 Å². The molecule has 1 saturated heterocycles. The summed E-state index contributed by atoms with van der Waals surface area (Å²) >= 11 is 0. The normalized spacial score (nSPS) is 21.7. The zero-order valence-corrected chi connectivity index (χ0v) is 24.0. The van der Waals surface area contributed by atoms with Gasteiger partial charge in [-0.25, -0.2) is 4.79 Å². The molecule has 0 spiro atoms. The zero-order chi connectivity index (χ0) is 30.2. The largest absolute Gasteiger partial charge is 0.463 e. The Bertz CT molecular complexity index is 1080. The number of alkyl halides is 2. The van der Waals surface area contributed by atoms with Gasteiger partial charge in [-0.3, -0.25) is 19.0 Å². The number of nitrogens with zero attached hydrogens (tertiary/aromatic N) is 2. The number of nitrogens with two attached hydrogens (primary N) is 1. The number of rotatable bonds is 14. The summed E-state index contributed by atoms with van der Waals surface area (Å²) in [6, 6.07) is 0.0264. The van der Waals surface area contributed by atoms with Crippen LogP contribution in [0, 0.1) is 17.8 Å². The molecule has 0 saturated carbocycles. The van der Waals surface area contributed by atoms with Crippen molar-refractivity contribution in [2.24, 2.45) is 23.5 Å². The van der Waals surface area contributed by atoms with Crippen LogP contribution in [-0.4, -0.2) is 58.2 Å². The Morgan fingerprint density at radius 3 is 2.38 bits per heavy atom. The van der Waals surface area contributed by atoms with Crippen molar-refractivity contribution >= 4 is 23.7 Å². The second kappa shape index (κ2) is 14.6. The minimum Gasteiger partial charge on any atom is -0.463 e. The molecule has 0 aliphatic carbocycles. The lowest BCUT2D eigenvalue weighted by Gasteiger charge is -2.26. The molecule has 1 aliphatic rings. The molecule has 1 fully saturated rings. The van der Waals surface area contributed by atoms with Gasteiger partial charge in [0.15, 0.2) is 6.10 Å². The predicted octanol–water partition coefficient (Wildman–Crippen LogP) is 3.42. The van der Waals surface area contributed by atoms with Gasteiger partial charge in [0.1, 0.15) is 24.6 Å². The third kappa shape index (κ3) is 8.29. The molecule has 1 unspecified atom stereocenters. The van der Waals surface area contributed by atoms with Gasteiger partial charge in [0.2, 0.25) is 12.1 Å². The molecular weight excluding hydrogens is 530 g/mol. The maximum Gasteiger partial charge on any atom is 0.351 e. The molecule has 0 aromatic carbocycles. The van der Waals surface area contributed by atoms with E-state index >= 15 is 8.78 Å². The highest BCUT2D eigenvalue weighted by molar-refractivity contribution is 5.91. The lowest BCUT2D eigenvalue weighted by atomic mass is 9.96. The Morgan fingerprint density at radius 1 is 1.15 bits per heavy atom. The fourth-order valence-corrected chi connectivity index (χ4v) is 4.15. The van der Waals surface area contributed by atoms with Gasteiger partial charge in [-0.1, -0.05) is 60.8 Å². The van der Waals surface area contributed by atoms with Gasteiger partial charge in [0.25, 0.3) is 0 Å². The topological polar surface area (TPSA) is 152 Å².